The molecular weight excluding hydrogens is 286 g/mol. The number of carbonyl (C=O) groups is 1. The predicted octanol–water partition coefficient (Wildman–Crippen LogP) is 0.607. The number of halogens is 1. The molecule has 0 bridgehead atoms. The molecule has 0 aliphatic carbocycles. The maximum Gasteiger partial charge on any atom is 0.221 e. The third-order valence-corrected chi connectivity index (χ3v) is 3.35. The van der Waals surface area contributed by atoms with Crippen molar-refractivity contribution in [3.63, 3.8) is 0 Å². The molecule has 7 heteroatoms. The number of anilines is 2. The van der Waals surface area contributed by atoms with E-state index in [4.69, 9.17) is 0 Å². The highest BCUT2D eigenvalue weighted by molar-refractivity contribution is 9.10. The van der Waals surface area contributed by atoms with Crippen LogP contribution < -0.4 is 15.5 Å². The summed E-state index contributed by atoms with van der Waals surface area (Å²) >= 11 is 3.48. The van der Waals surface area contributed by atoms with Crippen LogP contribution in [0.2, 0.25) is 0 Å². The van der Waals surface area contributed by atoms with E-state index in [9.17, 15) is 4.79 Å². The van der Waals surface area contributed by atoms with Crippen LogP contribution in [0.3, 0.4) is 0 Å². The molecule has 1 amide bonds. The van der Waals surface area contributed by atoms with Gasteiger partial charge in [-0.2, -0.15) is 0 Å². The highest BCUT2D eigenvalue weighted by Crippen LogP contribution is 2.29. The number of rotatable bonds is 2. The Morgan fingerprint density at radius 1 is 1.47 bits per heavy atom. The molecule has 1 aliphatic heterocycles. The van der Waals surface area contributed by atoms with E-state index in [1.807, 2.05) is 7.05 Å². The molecule has 92 valence electrons. The fourth-order valence-electron chi connectivity index (χ4n) is 1.73. The Balaban J connectivity index is 2.24. The van der Waals surface area contributed by atoms with Gasteiger partial charge >= 0.3 is 0 Å². The normalized spacial score (nSPS) is 16.4. The van der Waals surface area contributed by atoms with E-state index in [-0.39, 0.29) is 5.91 Å². The van der Waals surface area contributed by atoms with Crippen LogP contribution >= 0.6 is 15.9 Å². The van der Waals surface area contributed by atoms with E-state index < -0.39 is 0 Å². The van der Waals surface area contributed by atoms with Gasteiger partial charge in [0, 0.05) is 33.1 Å². The first-order chi connectivity index (χ1) is 8.22. The molecule has 1 aromatic rings. The van der Waals surface area contributed by atoms with Crippen LogP contribution in [0, 0.1) is 0 Å². The minimum absolute atomic E-state index is 0.0894. The lowest BCUT2D eigenvalue weighted by Crippen LogP contribution is -2.29. The Kier molecular flexibility index (Phi) is 3.78. The summed E-state index contributed by atoms with van der Waals surface area (Å²) in [5.41, 5.74) is 0. The summed E-state index contributed by atoms with van der Waals surface area (Å²) < 4.78 is 0.830. The summed E-state index contributed by atoms with van der Waals surface area (Å²) in [4.78, 5) is 21.7. The summed E-state index contributed by atoms with van der Waals surface area (Å²) in [5.74, 6) is 1.66. The molecule has 1 saturated heterocycles. The van der Waals surface area contributed by atoms with Crippen LogP contribution in [0.5, 0.6) is 0 Å². The third kappa shape index (κ3) is 2.66. The van der Waals surface area contributed by atoms with Crippen molar-refractivity contribution < 1.29 is 4.79 Å². The maximum absolute atomic E-state index is 11.3. The van der Waals surface area contributed by atoms with Crippen molar-refractivity contribution in [3.05, 3.63) is 10.8 Å². The number of hydrogen-bond acceptors (Lipinski definition) is 5. The van der Waals surface area contributed by atoms with Crippen molar-refractivity contribution in [2.24, 2.45) is 0 Å². The summed E-state index contributed by atoms with van der Waals surface area (Å²) in [6, 6.07) is 0. The molecule has 1 aliphatic rings. The van der Waals surface area contributed by atoms with Crippen molar-refractivity contribution in [2.45, 2.75) is 6.42 Å². The highest BCUT2D eigenvalue weighted by Gasteiger charge is 2.18. The van der Waals surface area contributed by atoms with Crippen LogP contribution in [0.15, 0.2) is 10.8 Å². The van der Waals surface area contributed by atoms with Gasteiger partial charge in [0.1, 0.15) is 22.4 Å². The van der Waals surface area contributed by atoms with E-state index in [1.165, 1.54) is 6.33 Å². The van der Waals surface area contributed by atoms with E-state index >= 15 is 0 Å². The minimum Gasteiger partial charge on any atom is -0.372 e. The smallest absolute Gasteiger partial charge is 0.221 e. The quantitative estimate of drug-likeness (QED) is 0.837. The zero-order chi connectivity index (χ0) is 12.3. The fourth-order valence-corrected chi connectivity index (χ4v) is 2.39. The summed E-state index contributed by atoms with van der Waals surface area (Å²) in [6.45, 7) is 2.07. The monoisotopic (exact) mass is 299 g/mol. The first-order valence-corrected chi connectivity index (χ1v) is 6.21. The van der Waals surface area contributed by atoms with Crippen molar-refractivity contribution >= 4 is 33.5 Å². The number of aromatic nitrogens is 2. The number of carbonyl (C=O) groups excluding carboxylic acids is 1. The number of amides is 1. The van der Waals surface area contributed by atoms with Crippen molar-refractivity contribution in [2.75, 3.05) is 36.9 Å². The Hall–Kier alpha value is -1.37. The first-order valence-electron chi connectivity index (χ1n) is 5.42. The summed E-state index contributed by atoms with van der Waals surface area (Å²) in [7, 11) is 1.81. The van der Waals surface area contributed by atoms with Gasteiger partial charge < -0.3 is 15.5 Å². The van der Waals surface area contributed by atoms with Gasteiger partial charge in [0.05, 0.1) is 0 Å². The Morgan fingerprint density at radius 3 is 3.06 bits per heavy atom. The van der Waals surface area contributed by atoms with Gasteiger partial charge in [-0.25, -0.2) is 9.97 Å². The lowest BCUT2D eigenvalue weighted by molar-refractivity contribution is -0.120. The molecule has 1 aromatic heterocycles. The molecule has 2 rings (SSSR count). The molecular formula is C10H14BrN5O. The van der Waals surface area contributed by atoms with Crippen molar-refractivity contribution in [1.82, 2.24) is 15.3 Å². The zero-order valence-corrected chi connectivity index (χ0v) is 11.1. The van der Waals surface area contributed by atoms with Gasteiger partial charge in [0.25, 0.3) is 0 Å². The second-order valence-electron chi connectivity index (χ2n) is 3.70. The molecule has 0 unspecified atom stereocenters. The minimum atomic E-state index is 0.0894. The summed E-state index contributed by atoms with van der Waals surface area (Å²) in [5, 5.41) is 5.83. The molecule has 17 heavy (non-hydrogen) atoms. The average molecular weight is 300 g/mol. The topological polar surface area (TPSA) is 70.2 Å². The van der Waals surface area contributed by atoms with E-state index in [0.29, 0.717) is 19.5 Å². The highest BCUT2D eigenvalue weighted by atomic mass is 79.9. The zero-order valence-electron chi connectivity index (χ0n) is 9.53. The second kappa shape index (κ2) is 5.31. The van der Waals surface area contributed by atoms with Crippen LogP contribution in [0.1, 0.15) is 6.42 Å². The molecule has 2 heterocycles. The lowest BCUT2D eigenvalue weighted by Gasteiger charge is -2.22. The van der Waals surface area contributed by atoms with Gasteiger partial charge in [-0.15, -0.1) is 0 Å². The summed E-state index contributed by atoms with van der Waals surface area (Å²) in [6.07, 6.45) is 2.01. The first kappa shape index (κ1) is 12.1. The number of nitrogens with one attached hydrogen (secondary N) is 2. The number of hydrogen-bond donors (Lipinski definition) is 2. The van der Waals surface area contributed by atoms with E-state index in [1.54, 1.807) is 0 Å². The van der Waals surface area contributed by atoms with E-state index in [2.05, 4.69) is 41.4 Å². The molecule has 2 N–H and O–H groups in total. The third-order valence-electron chi connectivity index (χ3n) is 2.62. The molecule has 0 saturated carbocycles. The molecule has 0 atom stereocenters. The maximum atomic E-state index is 11.3. The average Bonchev–Trinajstić information content (AvgIpc) is 2.54. The standard InChI is InChI=1S/C10H14BrN5O/c1-12-9-8(11)10(15-6-14-9)16-4-2-7(17)13-3-5-16/h6H,2-5H2,1H3,(H,13,17)(H,12,14,15). The van der Waals surface area contributed by atoms with Crippen LogP contribution in [-0.2, 0) is 4.79 Å². The van der Waals surface area contributed by atoms with Crippen LogP contribution in [0.25, 0.3) is 0 Å². The van der Waals surface area contributed by atoms with Gasteiger partial charge in [-0.1, -0.05) is 0 Å². The van der Waals surface area contributed by atoms with Crippen LogP contribution in [0.4, 0.5) is 11.6 Å². The second-order valence-corrected chi connectivity index (χ2v) is 4.49. The molecule has 0 spiro atoms. The Labute approximate surface area is 108 Å². The largest absolute Gasteiger partial charge is 0.372 e. The molecule has 1 fully saturated rings. The van der Waals surface area contributed by atoms with Crippen molar-refractivity contribution in [3.8, 4) is 0 Å². The van der Waals surface area contributed by atoms with Gasteiger partial charge in [0.2, 0.25) is 5.91 Å². The van der Waals surface area contributed by atoms with E-state index in [0.717, 1.165) is 22.7 Å². The molecule has 0 radical (unpaired) electrons. The Bertz CT molecular complexity index is 425. The molecule has 6 nitrogen and oxygen atoms in total. The fraction of sp³-hybridized carbons (Fsp3) is 0.500. The SMILES string of the molecule is CNc1ncnc(N2CCNC(=O)CC2)c1Br. The van der Waals surface area contributed by atoms with Crippen molar-refractivity contribution in [1.29, 1.82) is 0 Å². The Morgan fingerprint density at radius 2 is 2.29 bits per heavy atom. The van der Waals surface area contributed by atoms with Gasteiger partial charge in [-0.3, -0.25) is 4.79 Å². The lowest BCUT2D eigenvalue weighted by atomic mass is 10.3. The molecule has 0 aromatic carbocycles. The van der Waals surface area contributed by atoms with Crippen LogP contribution in [-0.4, -0.2) is 42.6 Å². The number of nitrogens with zero attached hydrogens (tertiary/aromatic N) is 3. The van der Waals surface area contributed by atoms with Gasteiger partial charge in [0.15, 0.2) is 0 Å². The predicted molar refractivity (Wildman–Crippen MR) is 69.1 cm³/mol. The van der Waals surface area contributed by atoms with Gasteiger partial charge in [-0.05, 0) is 15.9 Å².